The second-order valence-corrected chi connectivity index (χ2v) is 6.45. The van der Waals surface area contributed by atoms with Gasteiger partial charge in [0.05, 0.1) is 15.5 Å². The first kappa shape index (κ1) is 14.3. The van der Waals surface area contributed by atoms with Crippen molar-refractivity contribution < 1.29 is 18.3 Å². The molecule has 1 aromatic carbocycles. The van der Waals surface area contributed by atoms with Crippen LogP contribution in [0.3, 0.4) is 0 Å². The summed E-state index contributed by atoms with van der Waals surface area (Å²) in [5.74, 6) is -1.18. The number of rotatable bonds is 3. The first-order chi connectivity index (χ1) is 8.93. The Balaban J connectivity index is 2.35. The highest BCUT2D eigenvalue weighted by atomic mass is 35.5. The van der Waals surface area contributed by atoms with E-state index in [4.69, 9.17) is 16.7 Å². The van der Waals surface area contributed by atoms with E-state index in [0.29, 0.717) is 26.2 Å². The zero-order valence-corrected chi connectivity index (χ0v) is 11.5. The molecule has 0 amide bonds. The molecule has 1 heterocycles. The van der Waals surface area contributed by atoms with Crippen molar-refractivity contribution in [1.82, 2.24) is 9.62 Å². The van der Waals surface area contributed by atoms with Gasteiger partial charge in [0, 0.05) is 26.2 Å². The molecule has 8 heteroatoms. The third-order valence-corrected chi connectivity index (χ3v) is 5.09. The molecule has 0 unspecified atom stereocenters. The molecule has 104 valence electrons. The third kappa shape index (κ3) is 2.89. The zero-order chi connectivity index (χ0) is 14.0. The lowest BCUT2D eigenvalue weighted by Crippen LogP contribution is -2.46. The number of benzene rings is 1. The van der Waals surface area contributed by atoms with Gasteiger partial charge >= 0.3 is 5.97 Å². The van der Waals surface area contributed by atoms with E-state index in [1.807, 2.05) is 0 Å². The molecular weight excluding hydrogens is 292 g/mol. The molecule has 6 nitrogen and oxygen atoms in total. The Morgan fingerprint density at radius 2 is 1.95 bits per heavy atom. The summed E-state index contributed by atoms with van der Waals surface area (Å²) < 4.78 is 26.0. The standard InChI is InChI=1S/C11H13ClN2O4S/c12-10-7-8(1-2-9(10)11(15)16)19(17,18)14-5-3-13-4-6-14/h1-2,7,13H,3-6H2,(H,15,16). The molecular formula is C11H13ClN2O4S. The summed E-state index contributed by atoms with van der Waals surface area (Å²) in [7, 11) is -3.61. The van der Waals surface area contributed by atoms with Crippen molar-refractivity contribution in [3.05, 3.63) is 28.8 Å². The number of halogens is 1. The van der Waals surface area contributed by atoms with E-state index in [-0.39, 0.29) is 15.5 Å². The lowest BCUT2D eigenvalue weighted by Gasteiger charge is -2.26. The Bertz CT molecular complexity index is 597. The van der Waals surface area contributed by atoms with E-state index in [1.54, 1.807) is 0 Å². The molecule has 0 radical (unpaired) electrons. The number of hydrogen-bond donors (Lipinski definition) is 2. The van der Waals surface area contributed by atoms with Gasteiger partial charge in [-0.2, -0.15) is 4.31 Å². The fourth-order valence-corrected chi connectivity index (χ4v) is 3.66. The average Bonchev–Trinajstić information content (AvgIpc) is 2.39. The highest BCUT2D eigenvalue weighted by Crippen LogP contribution is 2.23. The van der Waals surface area contributed by atoms with Gasteiger partial charge in [-0.05, 0) is 18.2 Å². The largest absolute Gasteiger partial charge is 0.478 e. The van der Waals surface area contributed by atoms with Crippen molar-refractivity contribution in [2.45, 2.75) is 4.90 Å². The van der Waals surface area contributed by atoms with Crippen molar-refractivity contribution in [2.24, 2.45) is 0 Å². The van der Waals surface area contributed by atoms with Gasteiger partial charge < -0.3 is 10.4 Å². The summed E-state index contributed by atoms with van der Waals surface area (Å²) in [6.45, 7) is 1.97. The zero-order valence-electron chi connectivity index (χ0n) is 9.97. The van der Waals surface area contributed by atoms with Crippen LogP contribution in [0.15, 0.2) is 23.1 Å². The molecule has 2 N–H and O–H groups in total. The molecule has 0 spiro atoms. The highest BCUT2D eigenvalue weighted by Gasteiger charge is 2.26. The van der Waals surface area contributed by atoms with Crippen molar-refractivity contribution in [2.75, 3.05) is 26.2 Å². The summed E-state index contributed by atoms with van der Waals surface area (Å²) in [6, 6.07) is 3.66. The number of sulfonamides is 1. The van der Waals surface area contributed by atoms with Gasteiger partial charge in [0.15, 0.2) is 0 Å². The van der Waals surface area contributed by atoms with Crippen LogP contribution in [0.1, 0.15) is 10.4 Å². The van der Waals surface area contributed by atoms with Crippen molar-refractivity contribution >= 4 is 27.6 Å². The van der Waals surface area contributed by atoms with Gasteiger partial charge in [0.2, 0.25) is 10.0 Å². The molecule has 1 aliphatic rings. The predicted octanol–water partition coefficient (Wildman–Crippen LogP) is 0.632. The van der Waals surface area contributed by atoms with E-state index in [2.05, 4.69) is 5.32 Å². The van der Waals surface area contributed by atoms with E-state index in [9.17, 15) is 13.2 Å². The van der Waals surface area contributed by atoms with Crippen LogP contribution in [0.2, 0.25) is 5.02 Å². The van der Waals surface area contributed by atoms with Crippen molar-refractivity contribution in [1.29, 1.82) is 0 Å². The number of carboxylic acids is 1. The van der Waals surface area contributed by atoms with E-state index < -0.39 is 16.0 Å². The molecule has 0 bridgehead atoms. The smallest absolute Gasteiger partial charge is 0.337 e. The van der Waals surface area contributed by atoms with Gasteiger partial charge in [-0.25, -0.2) is 13.2 Å². The maximum Gasteiger partial charge on any atom is 0.337 e. The van der Waals surface area contributed by atoms with Crippen LogP contribution in [-0.4, -0.2) is 50.0 Å². The molecule has 1 aliphatic heterocycles. The molecule has 1 aromatic rings. The van der Waals surface area contributed by atoms with E-state index in [0.717, 1.165) is 0 Å². The number of carbonyl (C=O) groups is 1. The summed E-state index contributed by atoms with van der Waals surface area (Å²) in [4.78, 5) is 10.8. The first-order valence-corrected chi connectivity index (χ1v) is 7.48. The van der Waals surface area contributed by atoms with Gasteiger partial charge in [-0.15, -0.1) is 0 Å². The topological polar surface area (TPSA) is 86.7 Å². The summed E-state index contributed by atoms with van der Waals surface area (Å²) in [5.41, 5.74) is -0.110. The number of piperazine rings is 1. The lowest BCUT2D eigenvalue weighted by atomic mass is 10.2. The second kappa shape index (κ2) is 5.46. The average molecular weight is 305 g/mol. The van der Waals surface area contributed by atoms with E-state index >= 15 is 0 Å². The minimum atomic E-state index is -3.61. The summed E-state index contributed by atoms with van der Waals surface area (Å²) in [5, 5.41) is 11.8. The Kier molecular flexibility index (Phi) is 4.10. The maximum absolute atomic E-state index is 12.3. The number of nitrogens with one attached hydrogen (secondary N) is 1. The maximum atomic E-state index is 12.3. The number of carboxylic acid groups (broad SMARTS) is 1. The fraction of sp³-hybridized carbons (Fsp3) is 0.364. The van der Waals surface area contributed by atoms with Crippen LogP contribution in [0.25, 0.3) is 0 Å². The fourth-order valence-electron chi connectivity index (χ4n) is 1.86. The Labute approximate surface area is 116 Å². The van der Waals surface area contributed by atoms with Gasteiger partial charge in [-0.1, -0.05) is 11.6 Å². The monoisotopic (exact) mass is 304 g/mol. The van der Waals surface area contributed by atoms with Crippen LogP contribution >= 0.6 is 11.6 Å². The number of nitrogens with zero attached hydrogens (tertiary/aromatic N) is 1. The molecule has 0 saturated carbocycles. The van der Waals surface area contributed by atoms with Gasteiger partial charge in [0.1, 0.15) is 0 Å². The summed E-state index contributed by atoms with van der Waals surface area (Å²) >= 11 is 5.79. The summed E-state index contributed by atoms with van der Waals surface area (Å²) in [6.07, 6.45) is 0. The SMILES string of the molecule is O=C(O)c1ccc(S(=O)(=O)N2CCNCC2)cc1Cl. The Morgan fingerprint density at radius 3 is 2.47 bits per heavy atom. The highest BCUT2D eigenvalue weighted by molar-refractivity contribution is 7.89. The minimum Gasteiger partial charge on any atom is -0.478 e. The van der Waals surface area contributed by atoms with Crippen molar-refractivity contribution in [3.8, 4) is 0 Å². The molecule has 1 saturated heterocycles. The molecule has 1 fully saturated rings. The normalized spacial score (nSPS) is 17.3. The quantitative estimate of drug-likeness (QED) is 0.855. The molecule has 19 heavy (non-hydrogen) atoms. The van der Waals surface area contributed by atoms with Crippen molar-refractivity contribution in [3.63, 3.8) is 0 Å². The van der Waals surface area contributed by atoms with Crippen LogP contribution in [0.4, 0.5) is 0 Å². The molecule has 0 atom stereocenters. The Hall–Kier alpha value is -1.15. The van der Waals surface area contributed by atoms with Crippen LogP contribution in [0.5, 0.6) is 0 Å². The van der Waals surface area contributed by atoms with Gasteiger partial charge in [0.25, 0.3) is 0 Å². The van der Waals surface area contributed by atoms with Gasteiger partial charge in [-0.3, -0.25) is 0 Å². The van der Waals surface area contributed by atoms with Crippen LogP contribution in [0, 0.1) is 0 Å². The molecule has 0 aromatic heterocycles. The number of aromatic carboxylic acids is 1. The molecule has 2 rings (SSSR count). The minimum absolute atomic E-state index is 0.0180. The lowest BCUT2D eigenvalue weighted by molar-refractivity contribution is 0.0697. The van der Waals surface area contributed by atoms with Crippen LogP contribution in [-0.2, 0) is 10.0 Å². The third-order valence-electron chi connectivity index (χ3n) is 2.88. The second-order valence-electron chi connectivity index (χ2n) is 4.10. The van der Waals surface area contributed by atoms with E-state index in [1.165, 1.54) is 22.5 Å². The Morgan fingerprint density at radius 1 is 1.32 bits per heavy atom. The van der Waals surface area contributed by atoms with Crippen LogP contribution < -0.4 is 5.32 Å². The first-order valence-electron chi connectivity index (χ1n) is 5.66. The predicted molar refractivity (Wildman–Crippen MR) is 70.0 cm³/mol. The number of hydrogen-bond acceptors (Lipinski definition) is 4. The molecule has 0 aliphatic carbocycles.